The average Bonchev–Trinajstić information content (AvgIpc) is 3.47. The number of anilines is 1. The van der Waals surface area contributed by atoms with Gasteiger partial charge in [0.1, 0.15) is 18.7 Å². The first kappa shape index (κ1) is 24.7. The number of aromatic nitrogens is 4. The first-order chi connectivity index (χ1) is 17.9. The molecule has 2 aromatic heterocycles. The van der Waals surface area contributed by atoms with E-state index in [0.29, 0.717) is 23.5 Å². The van der Waals surface area contributed by atoms with Crippen molar-refractivity contribution in [3.8, 4) is 17.3 Å². The highest BCUT2D eigenvalue weighted by molar-refractivity contribution is 7.85. The first-order valence-electron chi connectivity index (χ1n) is 12.4. The molecule has 5 rings (SSSR count). The lowest BCUT2D eigenvalue weighted by atomic mass is 9.92. The monoisotopic (exact) mass is 515 g/mol. The van der Waals surface area contributed by atoms with E-state index in [1.165, 1.54) is 6.33 Å². The summed E-state index contributed by atoms with van der Waals surface area (Å²) in [7, 11) is -1.22. The van der Waals surface area contributed by atoms with Crippen LogP contribution in [0.15, 0.2) is 60.0 Å². The second-order valence-corrected chi connectivity index (χ2v) is 11.1. The molecule has 0 bridgehead atoms. The van der Waals surface area contributed by atoms with Gasteiger partial charge in [-0.05, 0) is 62.9 Å². The summed E-state index contributed by atoms with van der Waals surface area (Å²) < 4.78 is 17.0. The third-order valence-electron chi connectivity index (χ3n) is 6.60. The van der Waals surface area contributed by atoms with Crippen molar-refractivity contribution in [1.29, 1.82) is 5.26 Å². The Morgan fingerprint density at radius 1 is 1.22 bits per heavy atom. The van der Waals surface area contributed by atoms with Crippen LogP contribution in [0.4, 0.5) is 10.5 Å². The largest absolute Gasteiger partial charge is 0.336 e. The van der Waals surface area contributed by atoms with Crippen LogP contribution in [0.2, 0.25) is 0 Å². The standard InChI is InChI=1S/C27H29N7O2S/c1-18(2)31-27(35)32-20-8-6-19(7-9-20)26-24(15-28)23-11-10-22(14-25(23)34(26)21-4-3-5-21)37(36)13-12-33-17-29-16-30-33/h6-11,14,16-18,21H,3-5,12-13H2,1-2H3,(H2,31,32,35). The van der Waals surface area contributed by atoms with E-state index in [1.54, 1.807) is 11.0 Å². The highest BCUT2D eigenvalue weighted by Crippen LogP contribution is 2.43. The van der Waals surface area contributed by atoms with Gasteiger partial charge in [-0.1, -0.05) is 18.2 Å². The van der Waals surface area contributed by atoms with Crippen molar-refractivity contribution in [3.05, 3.63) is 60.7 Å². The maximum absolute atomic E-state index is 13.1. The summed E-state index contributed by atoms with van der Waals surface area (Å²) in [5.41, 5.74) is 3.99. The zero-order valence-corrected chi connectivity index (χ0v) is 21.7. The van der Waals surface area contributed by atoms with Crippen molar-refractivity contribution >= 4 is 33.4 Å². The number of nitrogens with one attached hydrogen (secondary N) is 2. The third kappa shape index (κ3) is 5.13. The van der Waals surface area contributed by atoms with Gasteiger partial charge >= 0.3 is 6.03 Å². The third-order valence-corrected chi connectivity index (χ3v) is 7.93. The molecule has 2 heterocycles. The number of urea groups is 1. The number of rotatable bonds is 8. The van der Waals surface area contributed by atoms with Crippen LogP contribution in [0.1, 0.15) is 44.7 Å². The van der Waals surface area contributed by atoms with E-state index in [9.17, 15) is 14.3 Å². The Labute approximate surface area is 218 Å². The number of nitriles is 1. The molecule has 2 aromatic carbocycles. The Bertz CT molecular complexity index is 1480. The van der Waals surface area contributed by atoms with Crippen molar-refractivity contribution < 1.29 is 9.00 Å². The summed E-state index contributed by atoms with van der Waals surface area (Å²) in [6.45, 7) is 4.32. The molecule has 37 heavy (non-hydrogen) atoms. The molecule has 190 valence electrons. The number of hydrogen-bond acceptors (Lipinski definition) is 5. The average molecular weight is 516 g/mol. The van der Waals surface area contributed by atoms with Gasteiger partial charge in [0.2, 0.25) is 0 Å². The predicted molar refractivity (Wildman–Crippen MR) is 144 cm³/mol. The topological polar surface area (TPSA) is 118 Å². The molecule has 1 atom stereocenters. The van der Waals surface area contributed by atoms with E-state index in [0.717, 1.165) is 46.3 Å². The van der Waals surface area contributed by atoms with Crippen molar-refractivity contribution in [2.45, 2.75) is 56.6 Å². The fourth-order valence-corrected chi connectivity index (χ4v) is 5.69. The second-order valence-electron chi connectivity index (χ2n) is 9.51. The van der Waals surface area contributed by atoms with Gasteiger partial charge in [0.05, 0.1) is 34.1 Å². The molecule has 10 heteroatoms. The maximum atomic E-state index is 13.1. The molecule has 1 fully saturated rings. The van der Waals surface area contributed by atoms with Crippen LogP contribution >= 0.6 is 0 Å². The van der Waals surface area contributed by atoms with Gasteiger partial charge in [-0.2, -0.15) is 10.4 Å². The molecule has 1 aliphatic carbocycles. The molecule has 1 unspecified atom stereocenters. The normalized spacial score (nSPS) is 14.3. The van der Waals surface area contributed by atoms with E-state index in [-0.39, 0.29) is 18.1 Å². The van der Waals surface area contributed by atoms with Crippen molar-refractivity contribution in [2.24, 2.45) is 0 Å². The molecular formula is C27H29N7O2S. The minimum Gasteiger partial charge on any atom is -0.336 e. The number of nitrogens with zero attached hydrogens (tertiary/aromatic N) is 5. The Morgan fingerprint density at radius 3 is 2.62 bits per heavy atom. The van der Waals surface area contributed by atoms with E-state index >= 15 is 0 Å². The number of amides is 2. The minimum atomic E-state index is -1.22. The van der Waals surface area contributed by atoms with Crippen LogP contribution in [-0.2, 0) is 17.3 Å². The quantitative estimate of drug-likeness (QED) is 0.348. The summed E-state index contributed by atoms with van der Waals surface area (Å²) >= 11 is 0. The van der Waals surface area contributed by atoms with Gasteiger partial charge in [0.15, 0.2) is 0 Å². The number of carbonyl (C=O) groups is 1. The summed E-state index contributed by atoms with van der Waals surface area (Å²) in [5.74, 6) is 0.426. The van der Waals surface area contributed by atoms with Gasteiger partial charge < -0.3 is 15.2 Å². The first-order valence-corrected chi connectivity index (χ1v) is 13.7. The highest BCUT2D eigenvalue weighted by atomic mass is 32.2. The predicted octanol–water partition coefficient (Wildman–Crippen LogP) is 4.83. The van der Waals surface area contributed by atoms with Crippen molar-refractivity contribution in [1.82, 2.24) is 24.6 Å². The number of benzene rings is 2. The Hall–Kier alpha value is -3.97. The molecule has 0 aliphatic heterocycles. The Kier molecular flexibility index (Phi) is 7.06. The number of hydrogen-bond donors (Lipinski definition) is 2. The SMILES string of the molecule is CC(C)NC(=O)Nc1ccc(-c2c(C#N)c3ccc(S(=O)CCn4cncn4)cc3n2C2CCC2)cc1. The van der Waals surface area contributed by atoms with Crippen molar-refractivity contribution in [3.63, 3.8) is 0 Å². The molecule has 0 radical (unpaired) electrons. The maximum Gasteiger partial charge on any atom is 0.319 e. The van der Waals surface area contributed by atoms with E-state index < -0.39 is 10.8 Å². The molecule has 1 aliphatic rings. The van der Waals surface area contributed by atoms with Gasteiger partial charge in [0.25, 0.3) is 0 Å². The zero-order valence-electron chi connectivity index (χ0n) is 20.8. The summed E-state index contributed by atoms with van der Waals surface area (Å²) in [4.78, 5) is 16.8. The minimum absolute atomic E-state index is 0.0393. The van der Waals surface area contributed by atoms with Gasteiger partial charge in [-0.15, -0.1) is 0 Å². The zero-order chi connectivity index (χ0) is 25.9. The Balaban J connectivity index is 1.50. The Morgan fingerprint density at radius 2 is 2.00 bits per heavy atom. The highest BCUT2D eigenvalue weighted by Gasteiger charge is 2.28. The number of fused-ring (bicyclic) bond motifs is 1. The van der Waals surface area contributed by atoms with Crippen LogP contribution in [0, 0.1) is 11.3 Å². The van der Waals surface area contributed by atoms with Crippen LogP contribution in [0.5, 0.6) is 0 Å². The van der Waals surface area contributed by atoms with Crippen LogP contribution in [-0.4, -0.2) is 41.4 Å². The summed E-state index contributed by atoms with van der Waals surface area (Å²) in [5, 5.41) is 20.8. The molecular weight excluding hydrogens is 486 g/mol. The molecule has 0 spiro atoms. The molecule has 1 saturated carbocycles. The summed E-state index contributed by atoms with van der Waals surface area (Å²) in [6.07, 6.45) is 6.30. The molecule has 9 nitrogen and oxygen atoms in total. The smallest absolute Gasteiger partial charge is 0.319 e. The van der Waals surface area contributed by atoms with Crippen molar-refractivity contribution in [2.75, 3.05) is 11.1 Å². The molecule has 2 N–H and O–H groups in total. The number of carbonyl (C=O) groups excluding carboxylic acids is 1. The second kappa shape index (κ2) is 10.6. The van der Waals surface area contributed by atoms with E-state index in [4.69, 9.17) is 0 Å². The lowest BCUT2D eigenvalue weighted by Gasteiger charge is -2.30. The van der Waals surface area contributed by atoms with Gasteiger partial charge in [-0.3, -0.25) is 8.89 Å². The van der Waals surface area contributed by atoms with Gasteiger partial charge in [-0.25, -0.2) is 9.78 Å². The fourth-order valence-electron chi connectivity index (χ4n) is 4.64. The lowest BCUT2D eigenvalue weighted by Crippen LogP contribution is -2.34. The summed E-state index contributed by atoms with van der Waals surface area (Å²) in [6, 6.07) is 15.8. The fraction of sp³-hybridized carbons (Fsp3) is 0.333. The van der Waals surface area contributed by atoms with E-state index in [2.05, 4.69) is 31.4 Å². The molecule has 2 amide bonds. The van der Waals surface area contributed by atoms with Gasteiger partial charge in [0, 0.05) is 33.8 Å². The van der Waals surface area contributed by atoms with Crippen LogP contribution in [0.3, 0.4) is 0 Å². The molecule has 4 aromatic rings. The van der Waals surface area contributed by atoms with Crippen LogP contribution in [0.25, 0.3) is 22.2 Å². The number of aryl methyl sites for hydroxylation is 1. The lowest BCUT2D eigenvalue weighted by molar-refractivity contribution is 0.250. The van der Waals surface area contributed by atoms with Crippen LogP contribution < -0.4 is 10.6 Å². The van der Waals surface area contributed by atoms with E-state index in [1.807, 2.05) is 56.3 Å². The molecule has 0 saturated heterocycles.